The summed E-state index contributed by atoms with van der Waals surface area (Å²) in [4.78, 5) is 0. The standard InChI is InChI=1S/C11H19NOS/c1-11(2,5-6-13-3)9-12-10-4-7-14-8-10/h4,7-8,12H,5-6,9H2,1-3H3. The molecule has 1 aromatic rings. The van der Waals surface area contributed by atoms with E-state index < -0.39 is 0 Å². The minimum Gasteiger partial charge on any atom is -0.385 e. The second kappa shape index (κ2) is 5.37. The second-order valence-corrected chi connectivity index (χ2v) is 5.05. The smallest absolute Gasteiger partial charge is 0.0468 e. The molecule has 1 N–H and O–H groups in total. The molecular formula is C11H19NOS. The van der Waals surface area contributed by atoms with Crippen molar-refractivity contribution in [1.82, 2.24) is 0 Å². The number of hydrogen-bond donors (Lipinski definition) is 1. The van der Waals surface area contributed by atoms with Crippen molar-refractivity contribution in [3.05, 3.63) is 16.8 Å². The zero-order chi connectivity index (χ0) is 10.4. The molecule has 0 saturated heterocycles. The lowest BCUT2D eigenvalue weighted by molar-refractivity contribution is 0.157. The van der Waals surface area contributed by atoms with Crippen molar-refractivity contribution in [2.75, 3.05) is 25.6 Å². The summed E-state index contributed by atoms with van der Waals surface area (Å²) in [5, 5.41) is 7.65. The van der Waals surface area contributed by atoms with Crippen molar-refractivity contribution in [1.29, 1.82) is 0 Å². The van der Waals surface area contributed by atoms with Gasteiger partial charge in [0.25, 0.3) is 0 Å². The van der Waals surface area contributed by atoms with Crippen molar-refractivity contribution in [2.45, 2.75) is 20.3 Å². The molecule has 14 heavy (non-hydrogen) atoms. The van der Waals surface area contributed by atoms with Gasteiger partial charge in [0.2, 0.25) is 0 Å². The van der Waals surface area contributed by atoms with E-state index in [4.69, 9.17) is 4.74 Å². The van der Waals surface area contributed by atoms with Gasteiger partial charge in [0.05, 0.1) is 0 Å². The number of ether oxygens (including phenoxy) is 1. The van der Waals surface area contributed by atoms with E-state index in [2.05, 4.69) is 36.0 Å². The largest absolute Gasteiger partial charge is 0.385 e. The molecule has 0 aliphatic heterocycles. The molecule has 0 aromatic carbocycles. The molecule has 0 unspecified atom stereocenters. The summed E-state index contributed by atoms with van der Waals surface area (Å²) in [5.74, 6) is 0. The highest BCUT2D eigenvalue weighted by atomic mass is 32.1. The monoisotopic (exact) mass is 213 g/mol. The van der Waals surface area contributed by atoms with E-state index >= 15 is 0 Å². The number of nitrogens with one attached hydrogen (secondary N) is 1. The molecule has 1 heterocycles. The van der Waals surface area contributed by atoms with Crippen LogP contribution in [0.3, 0.4) is 0 Å². The normalized spacial score (nSPS) is 11.6. The highest BCUT2D eigenvalue weighted by molar-refractivity contribution is 7.08. The lowest BCUT2D eigenvalue weighted by Crippen LogP contribution is -2.24. The molecule has 3 heteroatoms. The topological polar surface area (TPSA) is 21.3 Å². The van der Waals surface area contributed by atoms with Crippen LogP contribution in [-0.4, -0.2) is 20.3 Å². The minimum atomic E-state index is 0.290. The maximum atomic E-state index is 5.09. The maximum Gasteiger partial charge on any atom is 0.0468 e. The molecule has 0 aliphatic rings. The molecule has 1 rings (SSSR count). The van der Waals surface area contributed by atoms with Crippen LogP contribution in [0.5, 0.6) is 0 Å². The van der Waals surface area contributed by atoms with Gasteiger partial charge in [-0.1, -0.05) is 13.8 Å². The number of rotatable bonds is 6. The van der Waals surface area contributed by atoms with E-state index in [0.717, 1.165) is 19.6 Å². The summed E-state index contributed by atoms with van der Waals surface area (Å²) < 4.78 is 5.09. The highest BCUT2D eigenvalue weighted by Gasteiger charge is 2.16. The molecule has 2 nitrogen and oxygen atoms in total. The third-order valence-electron chi connectivity index (χ3n) is 2.28. The molecule has 0 spiro atoms. The lowest BCUT2D eigenvalue weighted by atomic mass is 9.90. The molecular weight excluding hydrogens is 194 g/mol. The van der Waals surface area contributed by atoms with E-state index in [9.17, 15) is 0 Å². The van der Waals surface area contributed by atoms with Crippen molar-refractivity contribution in [2.24, 2.45) is 5.41 Å². The van der Waals surface area contributed by atoms with Crippen LogP contribution in [0.4, 0.5) is 5.69 Å². The fourth-order valence-electron chi connectivity index (χ4n) is 1.17. The SMILES string of the molecule is COCCC(C)(C)CNc1ccsc1. The summed E-state index contributed by atoms with van der Waals surface area (Å²) in [6.07, 6.45) is 1.08. The average Bonchev–Trinajstić information content (AvgIpc) is 2.64. The van der Waals surface area contributed by atoms with E-state index in [1.54, 1.807) is 18.4 Å². The second-order valence-electron chi connectivity index (χ2n) is 4.27. The van der Waals surface area contributed by atoms with Crippen LogP contribution in [0, 0.1) is 5.41 Å². The summed E-state index contributed by atoms with van der Waals surface area (Å²) >= 11 is 1.72. The van der Waals surface area contributed by atoms with Crippen molar-refractivity contribution in [3.8, 4) is 0 Å². The van der Waals surface area contributed by atoms with E-state index in [1.807, 2.05) is 0 Å². The Balaban J connectivity index is 2.28. The van der Waals surface area contributed by atoms with Crippen LogP contribution in [0.1, 0.15) is 20.3 Å². The first-order valence-corrected chi connectivity index (χ1v) is 5.83. The van der Waals surface area contributed by atoms with Gasteiger partial charge in [0, 0.05) is 31.3 Å². The molecule has 0 amide bonds. The number of anilines is 1. The van der Waals surface area contributed by atoms with Gasteiger partial charge in [-0.3, -0.25) is 0 Å². The lowest BCUT2D eigenvalue weighted by Gasteiger charge is -2.24. The Labute approximate surface area is 90.3 Å². The Morgan fingerprint density at radius 3 is 2.86 bits per heavy atom. The zero-order valence-electron chi connectivity index (χ0n) is 9.17. The Bertz CT molecular complexity index is 244. The average molecular weight is 213 g/mol. The Kier molecular flexibility index (Phi) is 4.42. The first-order chi connectivity index (χ1) is 6.64. The third kappa shape index (κ3) is 4.11. The number of methoxy groups -OCH3 is 1. The molecule has 0 bridgehead atoms. The third-order valence-corrected chi connectivity index (χ3v) is 2.96. The molecule has 0 aliphatic carbocycles. The molecule has 0 saturated carbocycles. The fraction of sp³-hybridized carbons (Fsp3) is 0.636. The highest BCUT2D eigenvalue weighted by Crippen LogP contribution is 2.22. The first kappa shape index (κ1) is 11.5. The predicted octanol–water partition coefficient (Wildman–Crippen LogP) is 3.22. The Morgan fingerprint density at radius 1 is 1.50 bits per heavy atom. The van der Waals surface area contributed by atoms with Crippen LogP contribution < -0.4 is 5.32 Å². The van der Waals surface area contributed by atoms with Gasteiger partial charge in [-0.05, 0) is 23.3 Å². The van der Waals surface area contributed by atoms with E-state index in [1.165, 1.54) is 5.69 Å². The number of thiophene rings is 1. The van der Waals surface area contributed by atoms with Crippen LogP contribution in [-0.2, 0) is 4.74 Å². The van der Waals surface area contributed by atoms with E-state index in [0.29, 0.717) is 0 Å². The van der Waals surface area contributed by atoms with Crippen LogP contribution in [0.15, 0.2) is 16.8 Å². The predicted molar refractivity (Wildman–Crippen MR) is 63.1 cm³/mol. The summed E-state index contributed by atoms with van der Waals surface area (Å²) in [6.45, 7) is 6.34. The summed E-state index contributed by atoms with van der Waals surface area (Å²) in [5.41, 5.74) is 1.51. The fourth-order valence-corrected chi connectivity index (χ4v) is 1.79. The van der Waals surface area contributed by atoms with Gasteiger partial charge >= 0.3 is 0 Å². The molecule has 0 fully saturated rings. The Morgan fingerprint density at radius 2 is 2.29 bits per heavy atom. The van der Waals surface area contributed by atoms with Crippen molar-refractivity contribution < 1.29 is 4.74 Å². The van der Waals surface area contributed by atoms with Crippen LogP contribution >= 0.6 is 11.3 Å². The van der Waals surface area contributed by atoms with Crippen molar-refractivity contribution in [3.63, 3.8) is 0 Å². The quantitative estimate of drug-likeness (QED) is 0.783. The number of hydrogen-bond acceptors (Lipinski definition) is 3. The Hall–Kier alpha value is -0.540. The summed E-state index contributed by atoms with van der Waals surface area (Å²) in [7, 11) is 1.75. The molecule has 1 aromatic heterocycles. The maximum absolute atomic E-state index is 5.09. The van der Waals surface area contributed by atoms with Crippen molar-refractivity contribution >= 4 is 17.0 Å². The van der Waals surface area contributed by atoms with Gasteiger partial charge in [-0.15, -0.1) is 0 Å². The first-order valence-electron chi connectivity index (χ1n) is 4.89. The minimum absolute atomic E-state index is 0.290. The van der Waals surface area contributed by atoms with Gasteiger partial charge in [-0.25, -0.2) is 0 Å². The van der Waals surface area contributed by atoms with Gasteiger partial charge in [-0.2, -0.15) is 11.3 Å². The van der Waals surface area contributed by atoms with Gasteiger partial charge in [0.15, 0.2) is 0 Å². The molecule has 80 valence electrons. The van der Waals surface area contributed by atoms with Crippen LogP contribution in [0.25, 0.3) is 0 Å². The molecule has 0 atom stereocenters. The van der Waals surface area contributed by atoms with Crippen LogP contribution in [0.2, 0.25) is 0 Å². The summed E-state index contributed by atoms with van der Waals surface area (Å²) in [6, 6.07) is 2.11. The molecule has 0 radical (unpaired) electrons. The van der Waals surface area contributed by atoms with Gasteiger partial charge < -0.3 is 10.1 Å². The van der Waals surface area contributed by atoms with E-state index in [-0.39, 0.29) is 5.41 Å². The van der Waals surface area contributed by atoms with Gasteiger partial charge in [0.1, 0.15) is 0 Å². The zero-order valence-corrected chi connectivity index (χ0v) is 9.99.